The van der Waals surface area contributed by atoms with Crippen LogP contribution < -0.4 is 10.5 Å². The number of rotatable bonds is 4. The van der Waals surface area contributed by atoms with Crippen LogP contribution in [-0.4, -0.2) is 20.8 Å². The van der Waals surface area contributed by atoms with Crippen LogP contribution in [0.15, 0.2) is 22.7 Å². The van der Waals surface area contributed by atoms with Crippen molar-refractivity contribution in [3.05, 3.63) is 28.2 Å². The highest BCUT2D eigenvalue weighted by Crippen LogP contribution is 2.24. The van der Waals surface area contributed by atoms with Crippen LogP contribution >= 0.6 is 15.9 Å². The van der Waals surface area contributed by atoms with E-state index in [2.05, 4.69) is 15.9 Å². The number of halogens is 1. The van der Waals surface area contributed by atoms with Crippen molar-refractivity contribution in [2.75, 3.05) is 20.8 Å². The van der Waals surface area contributed by atoms with Gasteiger partial charge < -0.3 is 15.2 Å². The van der Waals surface area contributed by atoms with E-state index in [1.807, 2.05) is 18.2 Å². The maximum atomic E-state index is 5.90. The molecular weight excluding hydrogens is 246 g/mol. The maximum Gasteiger partial charge on any atom is 0.120 e. The average molecular weight is 260 g/mol. The van der Waals surface area contributed by atoms with Crippen LogP contribution in [0, 0.1) is 0 Å². The standard InChI is InChI=1S/C10H14BrNO2/c1-13-6-10(12)7-3-8(11)5-9(4-7)14-2/h3-5,10H,6,12H2,1-2H3/t10-/m0/s1. The fraction of sp³-hybridized carbons (Fsp3) is 0.400. The second-order valence-electron chi connectivity index (χ2n) is 2.99. The summed E-state index contributed by atoms with van der Waals surface area (Å²) in [7, 11) is 3.27. The van der Waals surface area contributed by atoms with Crippen LogP contribution in [0.2, 0.25) is 0 Å². The third-order valence-electron chi connectivity index (χ3n) is 1.90. The van der Waals surface area contributed by atoms with E-state index in [-0.39, 0.29) is 6.04 Å². The third-order valence-corrected chi connectivity index (χ3v) is 2.36. The quantitative estimate of drug-likeness (QED) is 0.901. The van der Waals surface area contributed by atoms with Gasteiger partial charge in [0, 0.05) is 11.6 Å². The molecule has 0 unspecified atom stereocenters. The van der Waals surface area contributed by atoms with Gasteiger partial charge in [-0.2, -0.15) is 0 Å². The Balaban J connectivity index is 2.90. The van der Waals surface area contributed by atoms with Gasteiger partial charge in [0.25, 0.3) is 0 Å². The SMILES string of the molecule is COC[C@H](N)c1cc(Br)cc(OC)c1. The first-order valence-corrected chi connectivity index (χ1v) is 5.05. The Morgan fingerprint density at radius 3 is 2.64 bits per heavy atom. The molecule has 0 heterocycles. The summed E-state index contributed by atoms with van der Waals surface area (Å²) in [5, 5.41) is 0. The first-order valence-electron chi connectivity index (χ1n) is 4.26. The van der Waals surface area contributed by atoms with Gasteiger partial charge in [-0.05, 0) is 23.8 Å². The van der Waals surface area contributed by atoms with E-state index in [1.165, 1.54) is 0 Å². The minimum atomic E-state index is -0.119. The van der Waals surface area contributed by atoms with E-state index >= 15 is 0 Å². The van der Waals surface area contributed by atoms with Crippen molar-refractivity contribution in [3.8, 4) is 5.75 Å². The van der Waals surface area contributed by atoms with Crippen molar-refractivity contribution in [3.63, 3.8) is 0 Å². The number of benzene rings is 1. The summed E-state index contributed by atoms with van der Waals surface area (Å²) < 4.78 is 11.1. The Hall–Kier alpha value is -0.580. The third kappa shape index (κ3) is 2.97. The highest BCUT2D eigenvalue weighted by atomic mass is 79.9. The lowest BCUT2D eigenvalue weighted by molar-refractivity contribution is 0.181. The van der Waals surface area contributed by atoms with Crippen molar-refractivity contribution < 1.29 is 9.47 Å². The molecule has 0 aliphatic rings. The van der Waals surface area contributed by atoms with Crippen LogP contribution in [0.4, 0.5) is 0 Å². The molecule has 0 saturated carbocycles. The van der Waals surface area contributed by atoms with Crippen LogP contribution in [0.3, 0.4) is 0 Å². The summed E-state index contributed by atoms with van der Waals surface area (Å²) in [6.45, 7) is 0.500. The lowest BCUT2D eigenvalue weighted by Gasteiger charge is -2.12. The van der Waals surface area contributed by atoms with Crippen molar-refractivity contribution in [1.29, 1.82) is 0 Å². The molecule has 2 N–H and O–H groups in total. The molecule has 3 nitrogen and oxygen atoms in total. The lowest BCUT2D eigenvalue weighted by Crippen LogP contribution is -2.16. The number of methoxy groups -OCH3 is 2. The predicted molar refractivity (Wildman–Crippen MR) is 59.5 cm³/mol. The molecule has 78 valence electrons. The number of nitrogens with two attached hydrogens (primary N) is 1. The molecule has 1 atom stereocenters. The van der Waals surface area contributed by atoms with Gasteiger partial charge in [-0.25, -0.2) is 0 Å². The van der Waals surface area contributed by atoms with Gasteiger partial charge in [0.05, 0.1) is 19.8 Å². The number of hydrogen-bond acceptors (Lipinski definition) is 3. The zero-order valence-electron chi connectivity index (χ0n) is 8.29. The Bertz CT molecular complexity index is 304. The Morgan fingerprint density at radius 1 is 1.36 bits per heavy atom. The van der Waals surface area contributed by atoms with Gasteiger partial charge in [-0.15, -0.1) is 0 Å². The Morgan fingerprint density at radius 2 is 2.07 bits per heavy atom. The van der Waals surface area contributed by atoms with E-state index in [9.17, 15) is 0 Å². The van der Waals surface area contributed by atoms with Crippen molar-refractivity contribution in [2.45, 2.75) is 6.04 Å². The van der Waals surface area contributed by atoms with Crippen LogP contribution in [0.25, 0.3) is 0 Å². The molecule has 4 heteroatoms. The highest BCUT2D eigenvalue weighted by Gasteiger charge is 2.07. The molecule has 0 aliphatic carbocycles. The fourth-order valence-corrected chi connectivity index (χ4v) is 1.68. The van der Waals surface area contributed by atoms with Gasteiger partial charge in [-0.1, -0.05) is 15.9 Å². The number of hydrogen-bond donors (Lipinski definition) is 1. The lowest BCUT2D eigenvalue weighted by atomic mass is 10.1. The molecule has 0 radical (unpaired) electrons. The molecule has 0 amide bonds. The van der Waals surface area contributed by atoms with Crippen molar-refractivity contribution >= 4 is 15.9 Å². The summed E-state index contributed by atoms with van der Waals surface area (Å²) in [5.74, 6) is 0.793. The second kappa shape index (κ2) is 5.34. The van der Waals surface area contributed by atoms with E-state index in [0.29, 0.717) is 6.61 Å². The summed E-state index contributed by atoms with van der Waals surface area (Å²) in [4.78, 5) is 0. The van der Waals surface area contributed by atoms with Crippen molar-refractivity contribution in [2.24, 2.45) is 5.73 Å². The monoisotopic (exact) mass is 259 g/mol. The molecule has 1 aromatic rings. The van der Waals surface area contributed by atoms with Gasteiger partial charge in [0.2, 0.25) is 0 Å². The molecule has 14 heavy (non-hydrogen) atoms. The normalized spacial score (nSPS) is 12.6. The van der Waals surface area contributed by atoms with Gasteiger partial charge in [0.1, 0.15) is 5.75 Å². The highest BCUT2D eigenvalue weighted by molar-refractivity contribution is 9.10. The smallest absolute Gasteiger partial charge is 0.120 e. The van der Waals surface area contributed by atoms with Crippen LogP contribution in [-0.2, 0) is 4.74 Å². The molecule has 0 aliphatic heterocycles. The molecule has 1 aromatic carbocycles. The molecule has 1 rings (SSSR count). The minimum absolute atomic E-state index is 0.119. The minimum Gasteiger partial charge on any atom is -0.497 e. The van der Waals surface area contributed by atoms with Crippen molar-refractivity contribution in [1.82, 2.24) is 0 Å². The predicted octanol–water partition coefficient (Wildman–Crippen LogP) is 2.10. The molecule has 0 saturated heterocycles. The van der Waals surface area contributed by atoms with Gasteiger partial charge in [-0.3, -0.25) is 0 Å². The molecule has 0 spiro atoms. The van der Waals surface area contributed by atoms with Crippen LogP contribution in [0.1, 0.15) is 11.6 Å². The zero-order valence-corrected chi connectivity index (χ0v) is 9.87. The fourth-order valence-electron chi connectivity index (χ4n) is 1.19. The average Bonchev–Trinajstić information content (AvgIpc) is 2.17. The zero-order chi connectivity index (χ0) is 10.6. The van der Waals surface area contributed by atoms with E-state index in [4.69, 9.17) is 15.2 Å². The first kappa shape index (κ1) is 11.5. The summed E-state index contributed by atoms with van der Waals surface area (Å²) in [6.07, 6.45) is 0. The summed E-state index contributed by atoms with van der Waals surface area (Å²) >= 11 is 3.40. The van der Waals surface area contributed by atoms with E-state index < -0.39 is 0 Å². The van der Waals surface area contributed by atoms with Gasteiger partial charge in [0.15, 0.2) is 0 Å². The largest absolute Gasteiger partial charge is 0.497 e. The van der Waals surface area contributed by atoms with E-state index in [0.717, 1.165) is 15.8 Å². The molecule has 0 aromatic heterocycles. The summed E-state index contributed by atoms with van der Waals surface area (Å²) in [6, 6.07) is 5.65. The molecule has 0 fully saturated rings. The first-order chi connectivity index (χ1) is 6.67. The van der Waals surface area contributed by atoms with Gasteiger partial charge >= 0.3 is 0 Å². The summed E-state index contributed by atoms with van der Waals surface area (Å²) in [5.41, 5.74) is 6.89. The molecule has 0 bridgehead atoms. The second-order valence-corrected chi connectivity index (χ2v) is 3.90. The van der Waals surface area contributed by atoms with E-state index in [1.54, 1.807) is 14.2 Å². The topological polar surface area (TPSA) is 44.5 Å². The number of ether oxygens (including phenoxy) is 2. The Labute approximate surface area is 92.3 Å². The molecular formula is C10H14BrNO2. The van der Waals surface area contributed by atoms with Crippen LogP contribution in [0.5, 0.6) is 5.75 Å². The Kier molecular flexibility index (Phi) is 4.38. The maximum absolute atomic E-state index is 5.90.